The molecule has 6 rings (SSSR count). The number of methoxy groups -OCH3 is 1. The molecular formula is C23H14O2. The van der Waals surface area contributed by atoms with Crippen LogP contribution in [0.2, 0.25) is 0 Å². The fourth-order valence-corrected chi connectivity index (χ4v) is 4.16. The molecule has 118 valence electrons. The standard InChI is InChI=1S/C23H14O2/c1-24-15-9-8-13-11-18-16-4-2-6-20-22(16)23-17(5-3-7-21(23)25-20)19(18)12-14(13)10-15/h2-12H,1H3. The lowest BCUT2D eigenvalue weighted by atomic mass is 9.92. The molecule has 0 saturated heterocycles. The van der Waals surface area contributed by atoms with E-state index in [-0.39, 0.29) is 0 Å². The molecule has 0 unspecified atom stereocenters. The zero-order chi connectivity index (χ0) is 16.5. The lowest BCUT2D eigenvalue weighted by Crippen LogP contribution is -1.85. The van der Waals surface area contributed by atoms with Gasteiger partial charge in [-0.05, 0) is 68.7 Å². The SMILES string of the molecule is COc1ccc2cc3c(cc2c1)c1cccc2oc4cccc3c4c21. The van der Waals surface area contributed by atoms with E-state index in [0.717, 1.165) is 16.9 Å². The average Bonchev–Trinajstić information content (AvgIpc) is 3.05. The topological polar surface area (TPSA) is 22.4 Å². The minimum absolute atomic E-state index is 0.882. The number of furan rings is 1. The van der Waals surface area contributed by atoms with Crippen molar-refractivity contribution in [3.05, 3.63) is 66.7 Å². The Morgan fingerprint density at radius 1 is 0.640 bits per heavy atom. The normalized spacial score (nSPS) is 12.2. The second-order valence-corrected chi connectivity index (χ2v) is 6.57. The molecule has 0 amide bonds. The molecule has 5 aromatic carbocycles. The summed E-state index contributed by atoms with van der Waals surface area (Å²) in [6, 6.07) is 23.4. The number of ether oxygens (including phenoxy) is 1. The van der Waals surface area contributed by atoms with E-state index in [1.54, 1.807) is 7.11 Å². The van der Waals surface area contributed by atoms with Crippen LogP contribution in [-0.2, 0) is 0 Å². The number of hydrogen-bond donors (Lipinski definition) is 0. The number of rotatable bonds is 1. The Morgan fingerprint density at radius 2 is 1.28 bits per heavy atom. The predicted octanol–water partition coefficient (Wildman–Crippen LogP) is 6.49. The van der Waals surface area contributed by atoms with E-state index in [4.69, 9.17) is 9.15 Å². The van der Waals surface area contributed by atoms with Crippen molar-refractivity contribution in [1.29, 1.82) is 0 Å². The molecule has 0 spiro atoms. The van der Waals surface area contributed by atoms with Crippen LogP contribution in [0.25, 0.3) is 54.3 Å². The van der Waals surface area contributed by atoms with Gasteiger partial charge in [0.05, 0.1) is 7.11 Å². The Morgan fingerprint density at radius 3 is 1.92 bits per heavy atom. The Labute approximate surface area is 143 Å². The van der Waals surface area contributed by atoms with Crippen LogP contribution in [0.1, 0.15) is 0 Å². The summed E-state index contributed by atoms with van der Waals surface area (Å²) in [5.74, 6) is 0.882. The van der Waals surface area contributed by atoms with Crippen molar-refractivity contribution in [1.82, 2.24) is 0 Å². The van der Waals surface area contributed by atoms with Crippen LogP contribution in [-0.4, -0.2) is 7.11 Å². The minimum atomic E-state index is 0.882. The molecule has 0 bridgehead atoms. The predicted molar refractivity (Wildman–Crippen MR) is 104 cm³/mol. The van der Waals surface area contributed by atoms with Crippen molar-refractivity contribution in [3.8, 4) is 5.75 Å². The highest BCUT2D eigenvalue weighted by Crippen LogP contribution is 2.43. The lowest BCUT2D eigenvalue weighted by molar-refractivity contribution is 0.415. The first kappa shape index (κ1) is 13.1. The van der Waals surface area contributed by atoms with Gasteiger partial charge in [-0.2, -0.15) is 0 Å². The Kier molecular flexibility index (Phi) is 2.31. The summed E-state index contributed by atoms with van der Waals surface area (Å²) in [6.45, 7) is 0. The average molecular weight is 322 g/mol. The molecule has 1 aromatic heterocycles. The van der Waals surface area contributed by atoms with Gasteiger partial charge in [0.1, 0.15) is 16.9 Å². The van der Waals surface area contributed by atoms with Gasteiger partial charge >= 0.3 is 0 Å². The Bertz CT molecular complexity index is 1420. The highest BCUT2D eigenvalue weighted by Gasteiger charge is 2.16. The number of benzene rings is 5. The van der Waals surface area contributed by atoms with Gasteiger partial charge in [-0.15, -0.1) is 0 Å². The van der Waals surface area contributed by atoms with Gasteiger partial charge in [0, 0.05) is 10.8 Å². The van der Waals surface area contributed by atoms with Gasteiger partial charge < -0.3 is 9.15 Å². The number of fused-ring (bicyclic) bond motifs is 4. The minimum Gasteiger partial charge on any atom is -0.497 e. The second kappa shape index (κ2) is 4.42. The summed E-state index contributed by atoms with van der Waals surface area (Å²) < 4.78 is 11.5. The molecule has 25 heavy (non-hydrogen) atoms. The molecule has 2 nitrogen and oxygen atoms in total. The number of hydrogen-bond acceptors (Lipinski definition) is 2. The highest BCUT2D eigenvalue weighted by atomic mass is 16.5. The summed E-state index contributed by atoms with van der Waals surface area (Å²) in [4.78, 5) is 0. The lowest BCUT2D eigenvalue weighted by Gasteiger charge is -2.10. The largest absolute Gasteiger partial charge is 0.497 e. The van der Waals surface area contributed by atoms with Gasteiger partial charge in [-0.25, -0.2) is 0 Å². The molecule has 6 aromatic rings. The van der Waals surface area contributed by atoms with Gasteiger partial charge in [-0.3, -0.25) is 0 Å². The third-order valence-electron chi connectivity index (χ3n) is 5.29. The summed E-state index contributed by atoms with van der Waals surface area (Å²) >= 11 is 0. The van der Waals surface area contributed by atoms with Crippen LogP contribution in [0.15, 0.2) is 71.1 Å². The van der Waals surface area contributed by atoms with Crippen LogP contribution < -0.4 is 4.74 Å². The maximum absolute atomic E-state index is 6.10. The monoisotopic (exact) mass is 322 g/mol. The summed E-state index contributed by atoms with van der Waals surface area (Å²) in [6.07, 6.45) is 0. The maximum Gasteiger partial charge on any atom is 0.136 e. The first-order valence-corrected chi connectivity index (χ1v) is 8.40. The zero-order valence-corrected chi connectivity index (χ0v) is 13.7. The van der Waals surface area contributed by atoms with Crippen LogP contribution in [0.3, 0.4) is 0 Å². The van der Waals surface area contributed by atoms with E-state index >= 15 is 0 Å². The Balaban J connectivity index is 1.95. The fourth-order valence-electron chi connectivity index (χ4n) is 4.16. The van der Waals surface area contributed by atoms with Crippen LogP contribution >= 0.6 is 0 Å². The van der Waals surface area contributed by atoms with E-state index in [0.29, 0.717) is 0 Å². The highest BCUT2D eigenvalue weighted by molar-refractivity contribution is 6.33. The summed E-state index contributed by atoms with van der Waals surface area (Å²) in [5, 5.41) is 9.89. The van der Waals surface area contributed by atoms with E-state index in [2.05, 4.69) is 60.7 Å². The van der Waals surface area contributed by atoms with E-state index in [9.17, 15) is 0 Å². The van der Waals surface area contributed by atoms with E-state index in [1.807, 2.05) is 6.07 Å². The molecule has 1 heterocycles. The molecule has 0 atom stereocenters. The molecule has 0 aliphatic heterocycles. The maximum atomic E-state index is 6.10. The zero-order valence-electron chi connectivity index (χ0n) is 13.7. The third kappa shape index (κ3) is 1.59. The van der Waals surface area contributed by atoms with Crippen molar-refractivity contribution in [2.45, 2.75) is 0 Å². The van der Waals surface area contributed by atoms with Crippen LogP contribution in [0, 0.1) is 0 Å². The molecule has 0 N–H and O–H groups in total. The van der Waals surface area contributed by atoms with Crippen LogP contribution in [0.4, 0.5) is 0 Å². The quantitative estimate of drug-likeness (QED) is 0.255. The van der Waals surface area contributed by atoms with Gasteiger partial charge in [0.25, 0.3) is 0 Å². The van der Waals surface area contributed by atoms with E-state index < -0.39 is 0 Å². The van der Waals surface area contributed by atoms with Gasteiger partial charge in [0.15, 0.2) is 0 Å². The Hall–Kier alpha value is -3.26. The molecule has 0 saturated carbocycles. The molecular weight excluding hydrogens is 308 g/mol. The van der Waals surface area contributed by atoms with E-state index in [1.165, 1.54) is 43.1 Å². The second-order valence-electron chi connectivity index (χ2n) is 6.57. The van der Waals surface area contributed by atoms with Crippen molar-refractivity contribution >= 4 is 54.3 Å². The smallest absolute Gasteiger partial charge is 0.136 e. The van der Waals surface area contributed by atoms with Crippen molar-refractivity contribution in [2.75, 3.05) is 7.11 Å². The van der Waals surface area contributed by atoms with Crippen molar-refractivity contribution < 1.29 is 9.15 Å². The van der Waals surface area contributed by atoms with Gasteiger partial charge in [-0.1, -0.05) is 30.3 Å². The van der Waals surface area contributed by atoms with Crippen molar-refractivity contribution in [3.63, 3.8) is 0 Å². The third-order valence-corrected chi connectivity index (χ3v) is 5.29. The summed E-state index contributed by atoms with van der Waals surface area (Å²) in [7, 11) is 1.71. The van der Waals surface area contributed by atoms with Crippen molar-refractivity contribution in [2.24, 2.45) is 0 Å². The first-order valence-electron chi connectivity index (χ1n) is 8.40. The molecule has 0 aliphatic rings. The first-order chi connectivity index (χ1) is 12.3. The molecule has 0 aliphatic carbocycles. The van der Waals surface area contributed by atoms with Crippen LogP contribution in [0.5, 0.6) is 5.75 Å². The fraction of sp³-hybridized carbons (Fsp3) is 0.0435. The summed E-state index contributed by atoms with van der Waals surface area (Å²) in [5.41, 5.74) is 1.91. The van der Waals surface area contributed by atoms with Gasteiger partial charge in [0.2, 0.25) is 0 Å². The molecule has 0 fully saturated rings. The molecule has 0 radical (unpaired) electrons. The molecule has 2 heteroatoms.